The third-order valence-corrected chi connectivity index (χ3v) is 6.52. The molecule has 0 spiro atoms. The molecule has 0 aliphatic carbocycles. The third-order valence-electron chi connectivity index (χ3n) is 2.42. The van der Waals surface area contributed by atoms with E-state index in [1.165, 1.54) is 10.6 Å². The second kappa shape index (κ2) is 5.79. The summed E-state index contributed by atoms with van der Waals surface area (Å²) in [7, 11) is -0.223. The summed E-state index contributed by atoms with van der Waals surface area (Å²) < 4.78 is 0.650. The molecule has 0 radical (unpaired) electrons. The highest BCUT2D eigenvalue weighted by Gasteiger charge is 2.17. The van der Waals surface area contributed by atoms with E-state index in [9.17, 15) is 0 Å². The number of hydrogen-bond donors (Lipinski definition) is 0. The zero-order valence-electron chi connectivity index (χ0n) is 9.18. The predicted molar refractivity (Wildman–Crippen MR) is 82.6 cm³/mol. The first kappa shape index (κ1) is 12.1. The molecule has 2 aromatic carbocycles. The van der Waals surface area contributed by atoms with Crippen molar-refractivity contribution in [3.63, 3.8) is 0 Å². The highest BCUT2D eigenvalue weighted by molar-refractivity contribution is 14.1. The van der Waals surface area contributed by atoms with Crippen LogP contribution in [0.3, 0.4) is 0 Å². The molecule has 1 atom stereocenters. The van der Waals surface area contributed by atoms with Crippen molar-refractivity contribution in [3.05, 3.63) is 60.7 Å². The average Bonchev–Trinajstić information content (AvgIpc) is 2.31. The van der Waals surface area contributed by atoms with E-state index >= 15 is 0 Å². The molecule has 0 bridgehead atoms. The monoisotopic (exact) mass is 340 g/mol. The number of hydrogen-bond acceptors (Lipinski definition) is 0. The summed E-state index contributed by atoms with van der Waals surface area (Å²) in [6.07, 6.45) is 0. The molecule has 16 heavy (non-hydrogen) atoms. The molecular formula is C14H14IP. The Labute approximate surface area is 112 Å². The van der Waals surface area contributed by atoms with Gasteiger partial charge in [0.05, 0.1) is 0 Å². The Hall–Kier alpha value is -0.400. The van der Waals surface area contributed by atoms with Crippen molar-refractivity contribution in [1.29, 1.82) is 0 Å². The average molecular weight is 340 g/mol. The van der Waals surface area contributed by atoms with Gasteiger partial charge in [0.15, 0.2) is 0 Å². The first-order valence-electron chi connectivity index (χ1n) is 5.32. The van der Waals surface area contributed by atoms with Crippen LogP contribution < -0.4 is 10.6 Å². The molecule has 2 heteroatoms. The molecular weight excluding hydrogens is 326 g/mol. The van der Waals surface area contributed by atoms with Gasteiger partial charge in [0.2, 0.25) is 0 Å². The van der Waals surface area contributed by atoms with E-state index in [1.807, 2.05) is 0 Å². The topological polar surface area (TPSA) is 0 Å². The van der Waals surface area contributed by atoms with Gasteiger partial charge < -0.3 is 0 Å². The van der Waals surface area contributed by atoms with E-state index in [2.05, 4.69) is 90.2 Å². The van der Waals surface area contributed by atoms with Crippen LogP contribution in [-0.2, 0) is 0 Å². The van der Waals surface area contributed by atoms with Crippen molar-refractivity contribution in [2.45, 2.75) is 10.6 Å². The molecule has 0 saturated carbocycles. The fraction of sp³-hybridized carbons (Fsp3) is 0.143. The van der Waals surface area contributed by atoms with Gasteiger partial charge in [0.1, 0.15) is 0 Å². The fourth-order valence-electron chi connectivity index (χ4n) is 1.74. The van der Waals surface area contributed by atoms with Crippen molar-refractivity contribution in [2.24, 2.45) is 0 Å². The number of alkyl halides is 1. The number of rotatable bonds is 3. The molecule has 0 aliphatic heterocycles. The molecule has 2 rings (SSSR count). The van der Waals surface area contributed by atoms with Gasteiger partial charge >= 0.3 is 0 Å². The van der Waals surface area contributed by atoms with Crippen molar-refractivity contribution in [3.8, 4) is 0 Å². The summed E-state index contributed by atoms with van der Waals surface area (Å²) >= 11 is 2.54. The molecule has 0 heterocycles. The van der Waals surface area contributed by atoms with Gasteiger partial charge in [0, 0.05) is 3.67 Å². The first-order chi connectivity index (χ1) is 7.79. The van der Waals surface area contributed by atoms with Crippen LogP contribution in [0.5, 0.6) is 0 Å². The molecule has 0 aromatic heterocycles. The molecule has 0 N–H and O–H groups in total. The van der Waals surface area contributed by atoms with Crippen LogP contribution in [0.2, 0.25) is 0 Å². The summed E-state index contributed by atoms with van der Waals surface area (Å²) in [5.74, 6) is 0. The highest BCUT2D eigenvalue weighted by Crippen LogP contribution is 2.42. The van der Waals surface area contributed by atoms with Crippen molar-refractivity contribution >= 4 is 41.1 Å². The molecule has 1 unspecified atom stereocenters. The Bertz CT molecular complexity index is 386. The summed E-state index contributed by atoms with van der Waals surface area (Å²) in [6.45, 7) is 2.30. The zero-order chi connectivity index (χ0) is 11.4. The summed E-state index contributed by atoms with van der Waals surface area (Å²) in [4.78, 5) is 0. The van der Waals surface area contributed by atoms with Gasteiger partial charge in [-0.25, -0.2) is 0 Å². The SMILES string of the molecule is CC(I)P(c1ccccc1)c1ccccc1. The van der Waals surface area contributed by atoms with E-state index in [0.29, 0.717) is 3.67 Å². The van der Waals surface area contributed by atoms with Crippen molar-refractivity contribution in [1.82, 2.24) is 0 Å². The van der Waals surface area contributed by atoms with E-state index in [1.54, 1.807) is 0 Å². The maximum Gasteiger partial charge on any atom is 0.0363 e. The molecule has 82 valence electrons. The van der Waals surface area contributed by atoms with Crippen LogP contribution in [0.1, 0.15) is 6.92 Å². The molecule has 0 aliphatic rings. The minimum absolute atomic E-state index is 0.223. The van der Waals surface area contributed by atoms with E-state index < -0.39 is 0 Å². The lowest BCUT2D eigenvalue weighted by Crippen LogP contribution is -2.15. The molecule has 0 nitrogen and oxygen atoms in total. The van der Waals surface area contributed by atoms with Gasteiger partial charge in [-0.2, -0.15) is 0 Å². The van der Waals surface area contributed by atoms with Gasteiger partial charge in [-0.05, 0) is 25.5 Å². The van der Waals surface area contributed by atoms with Crippen molar-refractivity contribution < 1.29 is 0 Å². The second-order valence-corrected chi connectivity index (χ2v) is 9.02. The van der Waals surface area contributed by atoms with E-state index in [-0.39, 0.29) is 7.92 Å². The number of benzene rings is 2. The Kier molecular flexibility index (Phi) is 4.37. The van der Waals surface area contributed by atoms with Crippen LogP contribution in [0.15, 0.2) is 60.7 Å². The van der Waals surface area contributed by atoms with E-state index in [0.717, 1.165) is 0 Å². The molecule has 0 fully saturated rings. The van der Waals surface area contributed by atoms with Crippen LogP contribution in [0.25, 0.3) is 0 Å². The lowest BCUT2D eigenvalue weighted by molar-refractivity contribution is 1.46. The Morgan fingerprint density at radius 3 is 1.50 bits per heavy atom. The minimum Gasteiger partial charge on any atom is -0.0771 e. The Balaban J connectivity index is 2.40. The molecule has 0 amide bonds. The van der Waals surface area contributed by atoms with Gasteiger partial charge in [-0.15, -0.1) is 0 Å². The largest absolute Gasteiger partial charge is 0.0771 e. The normalized spacial score (nSPS) is 12.7. The summed E-state index contributed by atoms with van der Waals surface area (Å²) in [5, 5.41) is 2.93. The van der Waals surface area contributed by atoms with Gasteiger partial charge in [0.25, 0.3) is 0 Å². The van der Waals surface area contributed by atoms with Crippen molar-refractivity contribution in [2.75, 3.05) is 0 Å². The first-order valence-corrected chi connectivity index (χ1v) is 7.98. The standard InChI is InChI=1S/C14H14IP/c1-12(15)16(13-8-4-2-5-9-13)14-10-6-3-7-11-14/h2-12H,1H3. The van der Waals surface area contributed by atoms with Gasteiger partial charge in [-0.1, -0.05) is 83.3 Å². The second-order valence-electron chi connectivity index (χ2n) is 3.62. The minimum atomic E-state index is -0.223. The van der Waals surface area contributed by atoms with E-state index in [4.69, 9.17) is 0 Å². The fourth-order valence-corrected chi connectivity index (χ4v) is 5.77. The van der Waals surface area contributed by atoms with Crippen LogP contribution in [0, 0.1) is 0 Å². The van der Waals surface area contributed by atoms with Crippen LogP contribution >= 0.6 is 30.5 Å². The Morgan fingerprint density at radius 2 is 1.19 bits per heavy atom. The molecule has 0 saturated heterocycles. The summed E-state index contributed by atoms with van der Waals surface area (Å²) in [6, 6.07) is 21.7. The molecule has 2 aromatic rings. The van der Waals surface area contributed by atoms with Crippen LogP contribution in [-0.4, -0.2) is 3.67 Å². The third kappa shape index (κ3) is 2.83. The number of halogens is 1. The predicted octanol–water partition coefficient (Wildman–Crippen LogP) is 3.90. The summed E-state index contributed by atoms with van der Waals surface area (Å²) in [5.41, 5.74) is 0. The maximum absolute atomic E-state index is 2.54. The van der Waals surface area contributed by atoms with Gasteiger partial charge in [-0.3, -0.25) is 0 Å². The highest BCUT2D eigenvalue weighted by atomic mass is 127. The lowest BCUT2D eigenvalue weighted by atomic mass is 10.4. The Morgan fingerprint density at radius 1 is 0.812 bits per heavy atom. The smallest absolute Gasteiger partial charge is 0.0363 e. The zero-order valence-corrected chi connectivity index (χ0v) is 12.2. The lowest BCUT2D eigenvalue weighted by Gasteiger charge is -2.21. The maximum atomic E-state index is 2.54. The quantitative estimate of drug-likeness (QED) is 0.452. The van der Waals surface area contributed by atoms with Crippen LogP contribution in [0.4, 0.5) is 0 Å².